The van der Waals surface area contributed by atoms with E-state index in [0.29, 0.717) is 12.4 Å². The number of fused-ring (bicyclic) bond motifs is 1. The highest BCUT2D eigenvalue weighted by molar-refractivity contribution is 5.72. The number of hydrogen-bond acceptors (Lipinski definition) is 4. The van der Waals surface area contributed by atoms with E-state index in [9.17, 15) is 0 Å². The Morgan fingerprint density at radius 3 is 2.58 bits per heavy atom. The normalized spacial score (nSPS) is 10.4. The van der Waals surface area contributed by atoms with Crippen molar-refractivity contribution in [3.63, 3.8) is 0 Å². The van der Waals surface area contributed by atoms with Gasteiger partial charge in [-0.2, -0.15) is 0 Å². The Hall–Kier alpha value is -1.55. The molecule has 2 aromatic rings. The molecule has 1 heterocycles. The van der Waals surface area contributed by atoms with Crippen molar-refractivity contribution in [1.82, 2.24) is 15.2 Å². The van der Waals surface area contributed by atoms with Crippen LogP contribution in [0.2, 0.25) is 0 Å². The molecule has 2 rings (SSSR count). The molecule has 0 aliphatic heterocycles. The van der Waals surface area contributed by atoms with Crippen molar-refractivity contribution in [1.29, 1.82) is 0 Å². The highest BCUT2D eigenvalue weighted by Gasteiger charge is 1.97. The van der Waals surface area contributed by atoms with Crippen LogP contribution in [0.4, 0.5) is 0 Å². The molecule has 2 N–H and O–H groups in total. The first-order valence-electron chi connectivity index (χ1n) is 3.68. The Labute approximate surface area is 69.4 Å². The van der Waals surface area contributed by atoms with E-state index < -0.39 is 0 Å². The molecule has 4 heteroatoms. The SMILES string of the molecule is NCc1nnc2ccccc2n1. The maximum Gasteiger partial charge on any atom is 0.165 e. The molecule has 0 bridgehead atoms. The fourth-order valence-electron chi connectivity index (χ4n) is 1.00. The molecule has 1 aromatic heterocycles. The third kappa shape index (κ3) is 1.12. The Balaban J connectivity index is 2.67. The van der Waals surface area contributed by atoms with E-state index >= 15 is 0 Å². The summed E-state index contributed by atoms with van der Waals surface area (Å²) in [6.45, 7) is 0.331. The van der Waals surface area contributed by atoms with Crippen molar-refractivity contribution in [3.05, 3.63) is 30.1 Å². The lowest BCUT2D eigenvalue weighted by atomic mass is 10.3. The summed E-state index contributed by atoms with van der Waals surface area (Å²) in [6, 6.07) is 7.58. The lowest BCUT2D eigenvalue weighted by Crippen LogP contribution is -2.04. The first-order valence-corrected chi connectivity index (χ1v) is 3.68. The Bertz CT molecular complexity index is 399. The molecule has 0 aliphatic rings. The Kier molecular flexibility index (Phi) is 1.68. The van der Waals surface area contributed by atoms with Gasteiger partial charge in [0.1, 0.15) is 5.52 Å². The van der Waals surface area contributed by atoms with Gasteiger partial charge in [-0.05, 0) is 12.1 Å². The van der Waals surface area contributed by atoms with Crippen LogP contribution in [-0.2, 0) is 6.54 Å². The first kappa shape index (κ1) is 7.12. The number of nitrogens with zero attached hydrogens (tertiary/aromatic N) is 3. The average Bonchev–Trinajstić information content (AvgIpc) is 2.17. The third-order valence-corrected chi connectivity index (χ3v) is 1.59. The van der Waals surface area contributed by atoms with Crippen molar-refractivity contribution >= 4 is 11.0 Å². The summed E-state index contributed by atoms with van der Waals surface area (Å²) in [6.07, 6.45) is 0. The van der Waals surface area contributed by atoms with Crippen LogP contribution in [0.25, 0.3) is 11.0 Å². The molecule has 0 amide bonds. The summed E-state index contributed by atoms with van der Waals surface area (Å²) >= 11 is 0. The first-order chi connectivity index (χ1) is 5.90. The van der Waals surface area contributed by atoms with Gasteiger partial charge in [-0.25, -0.2) is 4.98 Å². The number of para-hydroxylation sites is 1. The summed E-state index contributed by atoms with van der Waals surface area (Å²) in [5, 5.41) is 7.80. The van der Waals surface area contributed by atoms with Gasteiger partial charge in [0.05, 0.1) is 12.1 Å². The summed E-state index contributed by atoms with van der Waals surface area (Å²) < 4.78 is 0. The zero-order valence-electron chi connectivity index (χ0n) is 6.44. The van der Waals surface area contributed by atoms with E-state index in [1.165, 1.54) is 0 Å². The molecular formula is C8H8N4. The predicted octanol–water partition coefficient (Wildman–Crippen LogP) is 0.483. The van der Waals surface area contributed by atoms with Gasteiger partial charge in [-0.1, -0.05) is 12.1 Å². The second kappa shape index (κ2) is 2.83. The van der Waals surface area contributed by atoms with Gasteiger partial charge < -0.3 is 5.73 Å². The average molecular weight is 160 g/mol. The van der Waals surface area contributed by atoms with E-state index in [4.69, 9.17) is 5.73 Å². The van der Waals surface area contributed by atoms with Crippen LogP contribution in [0.15, 0.2) is 24.3 Å². The maximum atomic E-state index is 5.38. The van der Waals surface area contributed by atoms with E-state index in [1.54, 1.807) is 0 Å². The molecule has 0 unspecified atom stereocenters. The molecule has 0 saturated heterocycles. The molecule has 1 aromatic carbocycles. The van der Waals surface area contributed by atoms with Crippen LogP contribution >= 0.6 is 0 Å². The van der Waals surface area contributed by atoms with Crippen molar-refractivity contribution < 1.29 is 0 Å². The molecular weight excluding hydrogens is 152 g/mol. The van der Waals surface area contributed by atoms with Gasteiger partial charge in [0.15, 0.2) is 5.82 Å². The van der Waals surface area contributed by atoms with Gasteiger partial charge in [0.2, 0.25) is 0 Å². The number of benzene rings is 1. The standard InChI is InChI=1S/C8H8N4/c9-5-8-10-6-3-1-2-4-7(6)11-12-8/h1-4H,5,9H2. The summed E-state index contributed by atoms with van der Waals surface area (Å²) in [5.74, 6) is 0.578. The maximum absolute atomic E-state index is 5.38. The lowest BCUT2D eigenvalue weighted by molar-refractivity contribution is 0.859. The van der Waals surface area contributed by atoms with E-state index in [0.717, 1.165) is 11.0 Å². The van der Waals surface area contributed by atoms with Gasteiger partial charge in [-0.3, -0.25) is 0 Å². The summed E-state index contributed by atoms with van der Waals surface area (Å²) in [4.78, 5) is 4.20. The van der Waals surface area contributed by atoms with Crippen molar-refractivity contribution in [2.24, 2.45) is 5.73 Å². The monoisotopic (exact) mass is 160 g/mol. The fourth-order valence-corrected chi connectivity index (χ4v) is 1.00. The molecule has 0 radical (unpaired) electrons. The van der Waals surface area contributed by atoms with Gasteiger partial charge in [-0.15, -0.1) is 10.2 Å². The van der Waals surface area contributed by atoms with E-state index in [-0.39, 0.29) is 0 Å². The number of nitrogens with two attached hydrogens (primary N) is 1. The van der Waals surface area contributed by atoms with Crippen LogP contribution in [-0.4, -0.2) is 15.2 Å². The van der Waals surface area contributed by atoms with E-state index in [2.05, 4.69) is 15.2 Å². The van der Waals surface area contributed by atoms with Gasteiger partial charge in [0.25, 0.3) is 0 Å². The topological polar surface area (TPSA) is 64.7 Å². The molecule has 0 atom stereocenters. The van der Waals surface area contributed by atoms with Crippen molar-refractivity contribution in [2.75, 3.05) is 0 Å². The van der Waals surface area contributed by atoms with Crippen LogP contribution in [0.3, 0.4) is 0 Å². The number of rotatable bonds is 1. The molecule has 0 spiro atoms. The zero-order chi connectivity index (χ0) is 8.39. The van der Waals surface area contributed by atoms with Gasteiger partial charge >= 0.3 is 0 Å². The molecule has 4 nitrogen and oxygen atoms in total. The molecule has 0 aliphatic carbocycles. The zero-order valence-corrected chi connectivity index (χ0v) is 6.44. The molecule has 12 heavy (non-hydrogen) atoms. The van der Waals surface area contributed by atoms with Gasteiger partial charge in [0, 0.05) is 0 Å². The molecule has 60 valence electrons. The Morgan fingerprint density at radius 1 is 1.08 bits per heavy atom. The molecule has 0 saturated carbocycles. The largest absolute Gasteiger partial charge is 0.324 e. The second-order valence-corrected chi connectivity index (χ2v) is 2.42. The van der Waals surface area contributed by atoms with Crippen LogP contribution in [0.5, 0.6) is 0 Å². The minimum Gasteiger partial charge on any atom is -0.324 e. The smallest absolute Gasteiger partial charge is 0.165 e. The van der Waals surface area contributed by atoms with Crippen molar-refractivity contribution in [2.45, 2.75) is 6.54 Å². The van der Waals surface area contributed by atoms with Crippen LogP contribution in [0.1, 0.15) is 5.82 Å². The summed E-state index contributed by atoms with van der Waals surface area (Å²) in [7, 11) is 0. The minimum absolute atomic E-state index is 0.331. The molecule has 0 fully saturated rings. The highest BCUT2D eigenvalue weighted by atomic mass is 15.2. The minimum atomic E-state index is 0.331. The second-order valence-electron chi connectivity index (χ2n) is 2.42. The number of aromatic nitrogens is 3. The van der Waals surface area contributed by atoms with Crippen molar-refractivity contribution in [3.8, 4) is 0 Å². The number of hydrogen-bond donors (Lipinski definition) is 1. The lowest BCUT2D eigenvalue weighted by Gasteiger charge is -1.96. The quantitative estimate of drug-likeness (QED) is 0.659. The van der Waals surface area contributed by atoms with Crippen LogP contribution < -0.4 is 5.73 Å². The Morgan fingerprint density at radius 2 is 1.83 bits per heavy atom. The van der Waals surface area contributed by atoms with Crippen LogP contribution in [0, 0.1) is 0 Å². The summed E-state index contributed by atoms with van der Waals surface area (Å²) in [5.41, 5.74) is 7.02. The predicted molar refractivity (Wildman–Crippen MR) is 45.2 cm³/mol. The third-order valence-electron chi connectivity index (χ3n) is 1.59. The fraction of sp³-hybridized carbons (Fsp3) is 0.125. The van der Waals surface area contributed by atoms with E-state index in [1.807, 2.05) is 24.3 Å². The highest BCUT2D eigenvalue weighted by Crippen LogP contribution is 2.05.